The minimum Gasteiger partial charge on any atom is -0.349 e. The highest BCUT2D eigenvalue weighted by Crippen LogP contribution is 2.42. The summed E-state index contributed by atoms with van der Waals surface area (Å²) in [4.78, 5) is 16.4. The van der Waals surface area contributed by atoms with Crippen LogP contribution in [0, 0.1) is 5.82 Å². The Hall–Kier alpha value is -4.01. The van der Waals surface area contributed by atoms with Crippen LogP contribution in [0.15, 0.2) is 83.9 Å². The molecule has 0 saturated carbocycles. The van der Waals surface area contributed by atoms with Gasteiger partial charge < -0.3 is 9.47 Å². The van der Waals surface area contributed by atoms with Gasteiger partial charge >= 0.3 is 18.0 Å². The summed E-state index contributed by atoms with van der Waals surface area (Å²) in [6.45, 7) is 1.88. The van der Waals surface area contributed by atoms with Crippen LogP contribution in [0.2, 0.25) is 0 Å². The molecule has 0 spiro atoms. The third-order valence-electron chi connectivity index (χ3n) is 7.34. The Morgan fingerprint density at radius 1 is 0.860 bits per heavy atom. The van der Waals surface area contributed by atoms with E-state index in [1.165, 1.54) is 61.8 Å². The van der Waals surface area contributed by atoms with Crippen LogP contribution in [0.5, 0.6) is 0 Å². The third-order valence-corrected chi connectivity index (χ3v) is 7.34. The van der Waals surface area contributed by atoms with Gasteiger partial charge in [0.1, 0.15) is 17.7 Å². The number of benzene rings is 3. The lowest BCUT2D eigenvalue weighted by Gasteiger charge is -2.44. The summed E-state index contributed by atoms with van der Waals surface area (Å²) in [7, 11) is 0. The van der Waals surface area contributed by atoms with Gasteiger partial charge in [-0.2, -0.15) is 36.1 Å². The SMILES string of the molecule is CC(O[C@H]1OCCN(Cn2nc[nH]c2=O)[C@@H]1c1ccc(F)cc1)(c1ccc(C(F)(F)F)cc1)c1ccc(C(F)(F)F)cc1. The topological polar surface area (TPSA) is 72.4 Å². The summed E-state index contributed by atoms with van der Waals surface area (Å²) in [5, 5.41) is 3.98. The Kier molecular flexibility index (Phi) is 8.20. The summed E-state index contributed by atoms with van der Waals surface area (Å²) in [5.74, 6) is -0.507. The minimum absolute atomic E-state index is 0.0229. The number of hydrogen-bond acceptors (Lipinski definition) is 5. The Morgan fingerprint density at radius 3 is 1.84 bits per heavy atom. The molecule has 4 aromatic rings. The lowest BCUT2D eigenvalue weighted by Crippen LogP contribution is -2.50. The largest absolute Gasteiger partial charge is 0.416 e. The molecule has 0 aliphatic carbocycles. The zero-order valence-electron chi connectivity index (χ0n) is 22.5. The van der Waals surface area contributed by atoms with E-state index in [0.717, 1.165) is 28.9 Å². The molecule has 0 amide bonds. The molecule has 1 N–H and O–H groups in total. The third kappa shape index (κ3) is 6.50. The van der Waals surface area contributed by atoms with Crippen molar-refractivity contribution in [2.24, 2.45) is 0 Å². The Bertz CT molecular complexity index is 1520. The lowest BCUT2D eigenvalue weighted by molar-refractivity contribution is -0.253. The molecule has 2 heterocycles. The van der Waals surface area contributed by atoms with Crippen molar-refractivity contribution in [1.29, 1.82) is 0 Å². The molecule has 0 radical (unpaired) electrons. The van der Waals surface area contributed by atoms with Crippen LogP contribution in [0.3, 0.4) is 0 Å². The van der Waals surface area contributed by atoms with Gasteiger partial charge in [-0.15, -0.1) is 0 Å². The van der Waals surface area contributed by atoms with E-state index in [1.807, 2.05) is 0 Å². The predicted octanol–water partition coefficient (Wildman–Crippen LogP) is 6.09. The van der Waals surface area contributed by atoms with E-state index in [2.05, 4.69) is 10.1 Å². The molecular weight excluding hydrogens is 585 g/mol. The summed E-state index contributed by atoms with van der Waals surface area (Å²) < 4.78 is 108. The smallest absolute Gasteiger partial charge is 0.349 e. The van der Waals surface area contributed by atoms with Crippen molar-refractivity contribution in [2.45, 2.75) is 43.9 Å². The molecule has 1 fully saturated rings. The van der Waals surface area contributed by atoms with Crippen molar-refractivity contribution in [3.05, 3.63) is 123 Å². The second-order valence-electron chi connectivity index (χ2n) is 10.1. The number of alkyl halides is 6. The molecule has 5 rings (SSSR count). The number of H-pyrrole nitrogens is 1. The predicted molar refractivity (Wildman–Crippen MR) is 139 cm³/mol. The van der Waals surface area contributed by atoms with E-state index in [1.54, 1.807) is 4.90 Å². The zero-order chi connectivity index (χ0) is 31.0. The van der Waals surface area contributed by atoms with Gasteiger partial charge in [0.2, 0.25) is 0 Å². The first-order valence-corrected chi connectivity index (χ1v) is 13.0. The van der Waals surface area contributed by atoms with Crippen LogP contribution in [-0.4, -0.2) is 39.1 Å². The molecule has 0 bridgehead atoms. The van der Waals surface area contributed by atoms with Crippen molar-refractivity contribution in [1.82, 2.24) is 19.7 Å². The van der Waals surface area contributed by atoms with Crippen LogP contribution in [0.4, 0.5) is 30.7 Å². The number of hydrogen-bond donors (Lipinski definition) is 1. The minimum atomic E-state index is -4.62. The lowest BCUT2D eigenvalue weighted by atomic mass is 9.86. The average molecular weight is 611 g/mol. The summed E-state index contributed by atoms with van der Waals surface area (Å²) in [6.07, 6.45) is -9.19. The fourth-order valence-electron chi connectivity index (χ4n) is 5.02. The number of halogens is 7. The van der Waals surface area contributed by atoms with E-state index in [0.29, 0.717) is 12.1 Å². The standard InChI is InChI=1S/C29H25F7N4O3/c1-27(19-4-8-21(9-5-19)28(31,32)33,20-6-10-22(11-7-20)29(34,35)36)43-25-24(18-2-12-23(30)13-3-18)39(14-15-42-25)17-40-26(41)37-16-38-40/h2-13,16,24-25H,14-15,17H2,1H3,(H,37,38,41)/t24-,25-/m1/s1. The molecule has 3 aromatic carbocycles. The molecule has 14 heteroatoms. The highest BCUT2D eigenvalue weighted by Gasteiger charge is 2.42. The molecule has 1 aromatic heterocycles. The van der Waals surface area contributed by atoms with Gasteiger partial charge in [0.05, 0.1) is 30.4 Å². The highest BCUT2D eigenvalue weighted by atomic mass is 19.4. The second-order valence-corrected chi connectivity index (χ2v) is 10.1. The molecule has 2 atom stereocenters. The number of aromatic amines is 1. The van der Waals surface area contributed by atoms with Crippen molar-refractivity contribution in [3.63, 3.8) is 0 Å². The first-order chi connectivity index (χ1) is 20.3. The monoisotopic (exact) mass is 610 g/mol. The van der Waals surface area contributed by atoms with Crippen molar-refractivity contribution >= 4 is 0 Å². The molecule has 228 valence electrons. The Balaban J connectivity index is 1.58. The van der Waals surface area contributed by atoms with Gasteiger partial charge in [0.25, 0.3) is 0 Å². The first-order valence-electron chi connectivity index (χ1n) is 13.0. The first kappa shape index (κ1) is 30.4. The maximum atomic E-state index is 13.9. The number of aromatic nitrogens is 3. The normalized spacial score (nSPS) is 18.6. The van der Waals surface area contributed by atoms with E-state index in [4.69, 9.17) is 9.47 Å². The fourth-order valence-corrected chi connectivity index (χ4v) is 5.02. The summed E-state index contributed by atoms with van der Waals surface area (Å²) in [5.41, 5.74) is -2.99. The molecule has 43 heavy (non-hydrogen) atoms. The van der Waals surface area contributed by atoms with Gasteiger partial charge in [-0.3, -0.25) is 9.88 Å². The van der Waals surface area contributed by atoms with Crippen molar-refractivity contribution < 1.29 is 40.2 Å². The zero-order valence-corrected chi connectivity index (χ0v) is 22.5. The van der Waals surface area contributed by atoms with E-state index < -0.39 is 52.9 Å². The number of ether oxygens (including phenoxy) is 2. The Morgan fingerprint density at radius 2 is 1.37 bits per heavy atom. The number of nitrogens with zero attached hydrogens (tertiary/aromatic N) is 3. The fraction of sp³-hybridized carbons (Fsp3) is 0.310. The number of rotatable bonds is 7. The van der Waals surface area contributed by atoms with Crippen LogP contribution in [0.1, 0.15) is 40.8 Å². The van der Waals surface area contributed by atoms with E-state index >= 15 is 0 Å². The van der Waals surface area contributed by atoms with Crippen molar-refractivity contribution in [3.8, 4) is 0 Å². The summed E-state index contributed by atoms with van der Waals surface area (Å²) >= 11 is 0. The maximum Gasteiger partial charge on any atom is 0.416 e. The van der Waals surface area contributed by atoms with Gasteiger partial charge in [-0.25, -0.2) is 9.18 Å². The van der Waals surface area contributed by atoms with Crippen LogP contribution < -0.4 is 5.69 Å². The van der Waals surface area contributed by atoms with Crippen LogP contribution in [0.25, 0.3) is 0 Å². The maximum absolute atomic E-state index is 13.9. The molecule has 1 aliphatic rings. The van der Waals surface area contributed by atoms with Gasteiger partial charge in [-0.05, 0) is 60.0 Å². The van der Waals surface area contributed by atoms with Crippen LogP contribution in [-0.2, 0) is 34.1 Å². The summed E-state index contributed by atoms with van der Waals surface area (Å²) in [6, 6.07) is 12.9. The molecule has 1 saturated heterocycles. The van der Waals surface area contributed by atoms with E-state index in [-0.39, 0.29) is 24.4 Å². The molecule has 7 nitrogen and oxygen atoms in total. The van der Waals surface area contributed by atoms with Crippen molar-refractivity contribution in [2.75, 3.05) is 13.2 Å². The second kappa shape index (κ2) is 11.6. The van der Waals surface area contributed by atoms with E-state index in [9.17, 15) is 35.5 Å². The quantitative estimate of drug-likeness (QED) is 0.257. The molecule has 1 aliphatic heterocycles. The van der Waals surface area contributed by atoms with Gasteiger partial charge in [0, 0.05) is 6.54 Å². The number of morpholine rings is 1. The van der Waals surface area contributed by atoms with Gasteiger partial charge in [-0.1, -0.05) is 36.4 Å². The highest BCUT2D eigenvalue weighted by molar-refractivity contribution is 5.39. The van der Waals surface area contributed by atoms with Crippen LogP contribution >= 0.6 is 0 Å². The average Bonchev–Trinajstić information content (AvgIpc) is 3.37. The molecular formula is C29H25F7N4O3. The Labute approximate surface area is 240 Å². The van der Waals surface area contributed by atoms with Gasteiger partial charge in [0.15, 0.2) is 6.29 Å². The molecule has 0 unspecified atom stereocenters. The number of nitrogens with one attached hydrogen (secondary N) is 1.